The van der Waals surface area contributed by atoms with Crippen LogP contribution < -0.4 is 10.6 Å². The Morgan fingerprint density at radius 3 is 2.53 bits per heavy atom. The topological polar surface area (TPSA) is 76.0 Å². The predicted octanol–water partition coefficient (Wildman–Crippen LogP) is 4.35. The number of fused-ring (bicyclic) bond motifs is 1. The number of benzene rings is 3. The van der Waals surface area contributed by atoms with Crippen LogP contribution in [0.4, 0.5) is 5.82 Å². The van der Waals surface area contributed by atoms with E-state index in [0.717, 1.165) is 29.2 Å². The maximum atomic E-state index is 12.6. The van der Waals surface area contributed by atoms with Gasteiger partial charge in [-0.05, 0) is 41.3 Å². The van der Waals surface area contributed by atoms with E-state index < -0.39 is 0 Å². The summed E-state index contributed by atoms with van der Waals surface area (Å²) in [5.41, 5.74) is 1.67. The Morgan fingerprint density at radius 1 is 0.938 bits per heavy atom. The minimum Gasteiger partial charge on any atom is -0.349 e. The van der Waals surface area contributed by atoms with Crippen LogP contribution in [0.5, 0.6) is 0 Å². The Kier molecular flexibility index (Phi) is 5.42. The highest BCUT2D eigenvalue weighted by molar-refractivity contribution is 5.96. The van der Waals surface area contributed by atoms with Crippen molar-refractivity contribution in [3.05, 3.63) is 96.4 Å². The number of hydrogen-bond acceptors (Lipinski definition) is 3. The van der Waals surface area contributed by atoms with Crippen LogP contribution in [0, 0.1) is 0 Å². The normalized spacial score (nSPS) is 17.5. The van der Waals surface area contributed by atoms with Crippen molar-refractivity contribution in [2.24, 2.45) is 0 Å². The number of amides is 2. The molecule has 0 bridgehead atoms. The van der Waals surface area contributed by atoms with Crippen LogP contribution >= 0.6 is 0 Å². The van der Waals surface area contributed by atoms with Gasteiger partial charge < -0.3 is 15.2 Å². The third kappa shape index (κ3) is 4.25. The van der Waals surface area contributed by atoms with E-state index in [-0.39, 0.29) is 23.9 Å². The van der Waals surface area contributed by atoms with E-state index >= 15 is 0 Å². The summed E-state index contributed by atoms with van der Waals surface area (Å²) in [5.74, 6) is 0.418. The first kappa shape index (κ1) is 20.0. The molecule has 1 aromatic heterocycles. The van der Waals surface area contributed by atoms with Crippen LogP contribution in [0.2, 0.25) is 0 Å². The van der Waals surface area contributed by atoms with E-state index in [9.17, 15) is 9.59 Å². The van der Waals surface area contributed by atoms with Gasteiger partial charge in [0.25, 0.3) is 5.91 Å². The van der Waals surface area contributed by atoms with Gasteiger partial charge in [-0.15, -0.1) is 0 Å². The first-order valence-corrected chi connectivity index (χ1v) is 10.8. The van der Waals surface area contributed by atoms with Crippen LogP contribution in [0.3, 0.4) is 0 Å². The standard InChI is InChI=1S/C26H24N4O2/c31-25(13-20-11-6-10-18-7-4-5-12-23(18)20)29-24-16-30(17-27-24)22-14-21(15-22)28-26(32)19-8-2-1-3-9-19/h1-12,16-17,21-22H,13-15H2,(H,28,32)(H,29,31)/t21-,22+. The fraction of sp³-hybridized carbons (Fsp3) is 0.192. The molecule has 5 rings (SSSR count). The molecule has 0 unspecified atom stereocenters. The number of carbonyl (C=O) groups excluding carboxylic acids is 2. The maximum Gasteiger partial charge on any atom is 0.251 e. The van der Waals surface area contributed by atoms with Gasteiger partial charge in [-0.2, -0.15) is 0 Å². The third-order valence-electron chi connectivity index (χ3n) is 6.01. The second kappa shape index (κ2) is 8.67. The number of anilines is 1. The van der Waals surface area contributed by atoms with Gasteiger partial charge in [0.2, 0.25) is 5.91 Å². The monoisotopic (exact) mass is 424 g/mol. The highest BCUT2D eigenvalue weighted by Gasteiger charge is 2.31. The van der Waals surface area contributed by atoms with Gasteiger partial charge in [-0.3, -0.25) is 9.59 Å². The molecule has 2 N–H and O–H groups in total. The lowest BCUT2D eigenvalue weighted by Crippen LogP contribution is -2.44. The second-order valence-corrected chi connectivity index (χ2v) is 8.23. The quantitative estimate of drug-likeness (QED) is 0.483. The van der Waals surface area contributed by atoms with Crippen molar-refractivity contribution in [1.82, 2.24) is 14.9 Å². The largest absolute Gasteiger partial charge is 0.349 e. The van der Waals surface area contributed by atoms with Crippen LogP contribution in [0.15, 0.2) is 85.3 Å². The van der Waals surface area contributed by atoms with Crippen molar-refractivity contribution in [2.75, 3.05) is 5.32 Å². The van der Waals surface area contributed by atoms with Crippen LogP contribution in [0.25, 0.3) is 10.8 Å². The molecule has 160 valence electrons. The summed E-state index contributed by atoms with van der Waals surface area (Å²) in [6.45, 7) is 0. The zero-order chi connectivity index (χ0) is 21.9. The number of carbonyl (C=O) groups is 2. The number of nitrogens with zero attached hydrogens (tertiary/aromatic N) is 2. The molecule has 2 amide bonds. The summed E-state index contributed by atoms with van der Waals surface area (Å²) in [7, 11) is 0. The van der Waals surface area contributed by atoms with Gasteiger partial charge >= 0.3 is 0 Å². The van der Waals surface area contributed by atoms with Gasteiger partial charge in [0.15, 0.2) is 5.82 Å². The lowest BCUT2D eigenvalue weighted by Gasteiger charge is -2.36. The molecule has 4 aromatic rings. The summed E-state index contributed by atoms with van der Waals surface area (Å²) in [6.07, 6.45) is 5.59. The summed E-state index contributed by atoms with van der Waals surface area (Å²) in [4.78, 5) is 29.2. The molecular weight excluding hydrogens is 400 g/mol. The third-order valence-corrected chi connectivity index (χ3v) is 6.01. The Hall–Kier alpha value is -3.93. The fourth-order valence-corrected chi connectivity index (χ4v) is 4.21. The Balaban J connectivity index is 1.15. The molecule has 3 aromatic carbocycles. The minimum atomic E-state index is -0.0896. The van der Waals surface area contributed by atoms with Crippen molar-refractivity contribution in [1.29, 1.82) is 0 Å². The van der Waals surface area contributed by atoms with Crippen molar-refractivity contribution >= 4 is 28.4 Å². The molecule has 1 aliphatic rings. The molecule has 1 heterocycles. The fourth-order valence-electron chi connectivity index (χ4n) is 4.21. The Labute approximate surface area is 186 Å². The smallest absolute Gasteiger partial charge is 0.251 e. The number of aromatic nitrogens is 2. The number of rotatable bonds is 6. The van der Waals surface area contributed by atoms with Crippen molar-refractivity contribution < 1.29 is 9.59 Å². The first-order chi connectivity index (χ1) is 15.7. The van der Waals surface area contributed by atoms with E-state index in [2.05, 4.69) is 15.6 Å². The van der Waals surface area contributed by atoms with Crippen LogP contribution in [0.1, 0.15) is 34.8 Å². The SMILES string of the molecule is O=C(Cc1cccc2ccccc12)Nc1cn([C@H]2C[C@@H](NC(=O)c3ccccc3)C2)cn1. The van der Waals surface area contributed by atoms with Crippen LogP contribution in [-0.4, -0.2) is 27.4 Å². The lowest BCUT2D eigenvalue weighted by molar-refractivity contribution is -0.115. The minimum absolute atomic E-state index is 0.0407. The summed E-state index contributed by atoms with van der Waals surface area (Å²) >= 11 is 0. The van der Waals surface area contributed by atoms with E-state index in [1.807, 2.05) is 83.6 Å². The van der Waals surface area contributed by atoms with Crippen molar-refractivity contribution in [3.63, 3.8) is 0 Å². The molecular formula is C26H24N4O2. The van der Waals surface area contributed by atoms with Gasteiger partial charge in [0.1, 0.15) is 0 Å². The zero-order valence-corrected chi connectivity index (χ0v) is 17.6. The average Bonchev–Trinajstić information content (AvgIpc) is 3.24. The zero-order valence-electron chi connectivity index (χ0n) is 17.6. The average molecular weight is 425 g/mol. The number of hydrogen-bond donors (Lipinski definition) is 2. The molecule has 6 heteroatoms. The molecule has 0 radical (unpaired) electrons. The van der Waals surface area contributed by atoms with Crippen molar-refractivity contribution in [3.8, 4) is 0 Å². The van der Waals surface area contributed by atoms with E-state index in [1.54, 1.807) is 6.33 Å². The van der Waals surface area contributed by atoms with E-state index in [4.69, 9.17) is 0 Å². The first-order valence-electron chi connectivity index (χ1n) is 10.8. The van der Waals surface area contributed by atoms with E-state index in [0.29, 0.717) is 17.8 Å². The molecule has 1 saturated carbocycles. The van der Waals surface area contributed by atoms with Gasteiger partial charge in [-0.25, -0.2) is 4.98 Å². The highest BCUT2D eigenvalue weighted by atomic mass is 16.2. The summed E-state index contributed by atoms with van der Waals surface area (Å²) in [5, 5.41) is 8.19. The lowest BCUT2D eigenvalue weighted by atomic mass is 9.86. The maximum absolute atomic E-state index is 12.6. The summed E-state index contributed by atoms with van der Waals surface area (Å²) < 4.78 is 2.01. The van der Waals surface area contributed by atoms with Crippen molar-refractivity contribution in [2.45, 2.75) is 31.3 Å². The van der Waals surface area contributed by atoms with E-state index in [1.165, 1.54) is 0 Å². The Morgan fingerprint density at radius 2 is 1.69 bits per heavy atom. The Bertz CT molecular complexity index is 1250. The van der Waals surface area contributed by atoms with Gasteiger partial charge in [0, 0.05) is 23.8 Å². The number of nitrogens with one attached hydrogen (secondary N) is 2. The molecule has 0 saturated heterocycles. The summed E-state index contributed by atoms with van der Waals surface area (Å²) in [6, 6.07) is 23.7. The number of imidazole rings is 1. The molecule has 0 atom stereocenters. The molecule has 0 spiro atoms. The molecule has 1 fully saturated rings. The van der Waals surface area contributed by atoms with Crippen LogP contribution in [-0.2, 0) is 11.2 Å². The molecule has 32 heavy (non-hydrogen) atoms. The molecule has 0 aliphatic heterocycles. The highest BCUT2D eigenvalue weighted by Crippen LogP contribution is 2.33. The van der Waals surface area contributed by atoms with Gasteiger partial charge in [-0.1, -0.05) is 60.7 Å². The molecule has 6 nitrogen and oxygen atoms in total. The predicted molar refractivity (Wildman–Crippen MR) is 124 cm³/mol. The second-order valence-electron chi connectivity index (χ2n) is 8.23. The van der Waals surface area contributed by atoms with Gasteiger partial charge in [0.05, 0.1) is 12.7 Å². The molecule has 1 aliphatic carbocycles.